The SMILES string of the molecule is CC(C)N(CCCN)S(=O)(=O)N1CCOCC1. The van der Waals surface area contributed by atoms with Gasteiger partial charge in [0.2, 0.25) is 0 Å². The molecule has 6 nitrogen and oxygen atoms in total. The third kappa shape index (κ3) is 3.89. The molecule has 0 aromatic heterocycles. The fraction of sp³-hybridized carbons (Fsp3) is 1.00. The van der Waals surface area contributed by atoms with E-state index in [9.17, 15) is 8.42 Å². The molecule has 1 rings (SSSR count). The van der Waals surface area contributed by atoms with Crippen LogP contribution in [0.2, 0.25) is 0 Å². The smallest absolute Gasteiger partial charge is 0.282 e. The lowest BCUT2D eigenvalue weighted by Crippen LogP contribution is -2.51. The van der Waals surface area contributed by atoms with Gasteiger partial charge >= 0.3 is 0 Å². The molecule has 1 saturated heterocycles. The number of nitrogens with zero attached hydrogens (tertiary/aromatic N) is 2. The lowest BCUT2D eigenvalue weighted by Gasteiger charge is -2.34. The Kier molecular flexibility index (Phi) is 5.81. The van der Waals surface area contributed by atoms with Gasteiger partial charge in [-0.2, -0.15) is 17.0 Å². The van der Waals surface area contributed by atoms with Crippen LogP contribution in [0.25, 0.3) is 0 Å². The molecule has 0 atom stereocenters. The van der Waals surface area contributed by atoms with Crippen molar-refractivity contribution in [2.24, 2.45) is 5.73 Å². The van der Waals surface area contributed by atoms with Crippen molar-refractivity contribution < 1.29 is 13.2 Å². The summed E-state index contributed by atoms with van der Waals surface area (Å²) >= 11 is 0. The molecule has 1 aliphatic heterocycles. The molecule has 0 aliphatic carbocycles. The summed E-state index contributed by atoms with van der Waals surface area (Å²) in [5.74, 6) is 0. The summed E-state index contributed by atoms with van der Waals surface area (Å²) in [5, 5.41) is 0. The first-order chi connectivity index (χ1) is 8.00. The van der Waals surface area contributed by atoms with Crippen LogP contribution < -0.4 is 5.73 Å². The normalized spacial score (nSPS) is 19.1. The van der Waals surface area contributed by atoms with Crippen LogP contribution in [0.1, 0.15) is 20.3 Å². The Morgan fingerprint density at radius 3 is 2.41 bits per heavy atom. The van der Waals surface area contributed by atoms with Crippen molar-refractivity contribution in [3.63, 3.8) is 0 Å². The van der Waals surface area contributed by atoms with Gasteiger partial charge in [-0.25, -0.2) is 0 Å². The molecular weight excluding hydrogens is 242 g/mol. The first kappa shape index (κ1) is 14.8. The minimum Gasteiger partial charge on any atom is -0.379 e. The number of hydrogen-bond donors (Lipinski definition) is 1. The van der Waals surface area contributed by atoms with Crippen molar-refractivity contribution in [2.45, 2.75) is 26.3 Å². The van der Waals surface area contributed by atoms with Crippen LogP contribution in [0.5, 0.6) is 0 Å². The highest BCUT2D eigenvalue weighted by molar-refractivity contribution is 7.86. The molecule has 0 spiro atoms. The Bertz CT molecular complexity index is 313. The van der Waals surface area contributed by atoms with E-state index in [0.29, 0.717) is 45.8 Å². The first-order valence-corrected chi connectivity index (χ1v) is 7.44. The zero-order valence-corrected chi connectivity index (χ0v) is 11.4. The molecule has 0 amide bonds. The lowest BCUT2D eigenvalue weighted by molar-refractivity contribution is 0.0695. The van der Waals surface area contributed by atoms with Gasteiger partial charge in [0.05, 0.1) is 13.2 Å². The monoisotopic (exact) mass is 265 g/mol. The Hall–Kier alpha value is -0.210. The van der Waals surface area contributed by atoms with E-state index < -0.39 is 10.2 Å². The van der Waals surface area contributed by atoms with Crippen LogP contribution >= 0.6 is 0 Å². The molecule has 0 unspecified atom stereocenters. The van der Waals surface area contributed by atoms with E-state index in [1.54, 1.807) is 0 Å². The van der Waals surface area contributed by atoms with Gasteiger partial charge in [0, 0.05) is 25.7 Å². The summed E-state index contributed by atoms with van der Waals surface area (Å²) in [6.07, 6.45) is 0.682. The fourth-order valence-electron chi connectivity index (χ4n) is 1.81. The molecule has 7 heteroatoms. The van der Waals surface area contributed by atoms with Gasteiger partial charge in [-0.15, -0.1) is 0 Å². The molecule has 0 aromatic rings. The molecule has 1 heterocycles. The maximum Gasteiger partial charge on any atom is 0.282 e. The Balaban J connectivity index is 2.75. The van der Waals surface area contributed by atoms with Crippen LogP contribution in [0, 0.1) is 0 Å². The predicted octanol–water partition coefficient (Wildman–Crippen LogP) is -0.377. The predicted molar refractivity (Wildman–Crippen MR) is 66.8 cm³/mol. The third-order valence-corrected chi connectivity index (χ3v) is 4.97. The fourth-order valence-corrected chi connectivity index (χ4v) is 3.61. The number of hydrogen-bond acceptors (Lipinski definition) is 4. The van der Waals surface area contributed by atoms with Gasteiger partial charge < -0.3 is 10.5 Å². The summed E-state index contributed by atoms with van der Waals surface area (Å²) in [7, 11) is -3.36. The van der Waals surface area contributed by atoms with Crippen molar-refractivity contribution in [2.75, 3.05) is 39.4 Å². The Morgan fingerprint density at radius 1 is 1.35 bits per heavy atom. The number of nitrogens with two attached hydrogens (primary N) is 1. The van der Waals surface area contributed by atoms with Gasteiger partial charge in [-0.3, -0.25) is 0 Å². The Labute approximate surface area is 104 Å². The topological polar surface area (TPSA) is 75.9 Å². The average Bonchev–Trinajstić information content (AvgIpc) is 2.30. The minimum atomic E-state index is -3.36. The van der Waals surface area contributed by atoms with Crippen molar-refractivity contribution in [3.8, 4) is 0 Å². The van der Waals surface area contributed by atoms with Gasteiger partial charge in [-0.05, 0) is 26.8 Å². The van der Waals surface area contributed by atoms with E-state index in [1.807, 2.05) is 13.8 Å². The second-order valence-corrected chi connectivity index (χ2v) is 6.25. The standard InChI is InChI=1S/C10H23N3O3S/c1-10(2)13(5-3-4-11)17(14,15)12-6-8-16-9-7-12/h10H,3-9,11H2,1-2H3. The van der Waals surface area contributed by atoms with Gasteiger partial charge in [0.25, 0.3) is 10.2 Å². The second-order valence-electron chi connectivity index (χ2n) is 4.37. The second kappa shape index (κ2) is 6.65. The largest absolute Gasteiger partial charge is 0.379 e. The van der Waals surface area contributed by atoms with E-state index in [1.165, 1.54) is 8.61 Å². The maximum absolute atomic E-state index is 12.4. The van der Waals surface area contributed by atoms with Crippen molar-refractivity contribution in [1.82, 2.24) is 8.61 Å². The molecule has 1 aliphatic rings. The number of ether oxygens (including phenoxy) is 1. The summed E-state index contributed by atoms with van der Waals surface area (Å²) in [6.45, 7) is 6.57. The van der Waals surface area contributed by atoms with Crippen LogP contribution in [0.15, 0.2) is 0 Å². The quantitative estimate of drug-likeness (QED) is 0.710. The molecule has 0 saturated carbocycles. The molecule has 0 aromatic carbocycles. The van der Waals surface area contributed by atoms with E-state index in [2.05, 4.69) is 0 Å². The number of morpholine rings is 1. The highest BCUT2D eigenvalue weighted by Gasteiger charge is 2.32. The molecule has 2 N–H and O–H groups in total. The minimum absolute atomic E-state index is 0.0469. The van der Waals surface area contributed by atoms with E-state index in [-0.39, 0.29) is 6.04 Å². The highest BCUT2D eigenvalue weighted by atomic mass is 32.2. The molecule has 0 bridgehead atoms. The third-order valence-electron chi connectivity index (χ3n) is 2.75. The van der Waals surface area contributed by atoms with Crippen molar-refractivity contribution >= 4 is 10.2 Å². The molecule has 102 valence electrons. The van der Waals surface area contributed by atoms with E-state index in [4.69, 9.17) is 10.5 Å². The van der Waals surface area contributed by atoms with Gasteiger partial charge in [-0.1, -0.05) is 0 Å². The van der Waals surface area contributed by atoms with E-state index >= 15 is 0 Å². The number of rotatable bonds is 6. The summed E-state index contributed by atoms with van der Waals surface area (Å²) in [5.41, 5.74) is 5.44. The van der Waals surface area contributed by atoms with Crippen LogP contribution in [-0.4, -0.2) is 62.5 Å². The molecule has 17 heavy (non-hydrogen) atoms. The average molecular weight is 265 g/mol. The molecule has 1 fully saturated rings. The lowest BCUT2D eigenvalue weighted by atomic mass is 10.3. The van der Waals surface area contributed by atoms with Crippen LogP contribution in [0.3, 0.4) is 0 Å². The van der Waals surface area contributed by atoms with Gasteiger partial charge in [0.15, 0.2) is 0 Å². The maximum atomic E-state index is 12.4. The summed E-state index contributed by atoms with van der Waals surface area (Å²) in [4.78, 5) is 0. The van der Waals surface area contributed by atoms with Crippen LogP contribution in [0.4, 0.5) is 0 Å². The molecular formula is C10H23N3O3S. The zero-order chi connectivity index (χ0) is 12.9. The Morgan fingerprint density at radius 2 is 1.94 bits per heavy atom. The first-order valence-electron chi connectivity index (χ1n) is 6.05. The van der Waals surface area contributed by atoms with Gasteiger partial charge in [0.1, 0.15) is 0 Å². The van der Waals surface area contributed by atoms with Crippen molar-refractivity contribution in [1.29, 1.82) is 0 Å². The summed E-state index contributed by atoms with van der Waals surface area (Å²) < 4.78 is 33.0. The van der Waals surface area contributed by atoms with Crippen molar-refractivity contribution in [3.05, 3.63) is 0 Å². The van der Waals surface area contributed by atoms with Crippen LogP contribution in [-0.2, 0) is 14.9 Å². The zero-order valence-electron chi connectivity index (χ0n) is 10.6. The summed E-state index contributed by atoms with van der Waals surface area (Å²) in [6, 6.07) is -0.0469. The van der Waals surface area contributed by atoms with E-state index in [0.717, 1.165) is 0 Å². The molecule has 0 radical (unpaired) electrons. The highest BCUT2D eigenvalue weighted by Crippen LogP contribution is 2.14.